The molecule has 2 aromatic carbocycles. The monoisotopic (exact) mass is 470 g/mol. The normalized spacial score (nSPS) is 22.7. The fraction of sp³-hybridized carbons (Fsp3) is 0.304. The zero-order chi connectivity index (χ0) is 22.3. The van der Waals surface area contributed by atoms with Gasteiger partial charge in [-0.1, -0.05) is 29.8 Å². The summed E-state index contributed by atoms with van der Waals surface area (Å²) in [6.07, 6.45) is 4.84. The van der Waals surface area contributed by atoms with E-state index in [0.717, 1.165) is 35.7 Å². The van der Waals surface area contributed by atoms with Crippen molar-refractivity contribution >= 4 is 44.0 Å². The largest absolute Gasteiger partial charge is 0.326 e. The lowest BCUT2D eigenvalue weighted by Crippen LogP contribution is -2.36. The third kappa shape index (κ3) is 4.36. The number of carbonyl (C=O) groups is 1. The van der Waals surface area contributed by atoms with Crippen molar-refractivity contribution in [1.82, 2.24) is 15.0 Å². The molecule has 1 aliphatic heterocycles. The number of nitrogens with zero attached hydrogens (tertiary/aromatic N) is 1. The Bertz CT molecular complexity index is 1270. The number of aromatic nitrogens is 1. The van der Waals surface area contributed by atoms with E-state index >= 15 is 0 Å². The molecule has 1 saturated heterocycles. The average Bonchev–Trinajstić information content (AvgIpc) is 3.44. The van der Waals surface area contributed by atoms with E-state index in [4.69, 9.17) is 11.6 Å². The number of nitrogens with one attached hydrogen (secondary N) is 3. The van der Waals surface area contributed by atoms with Gasteiger partial charge in [0.05, 0.1) is 9.92 Å². The third-order valence-electron chi connectivity index (χ3n) is 6.11. The van der Waals surface area contributed by atoms with E-state index in [1.54, 1.807) is 24.5 Å². The summed E-state index contributed by atoms with van der Waals surface area (Å²) < 4.78 is 27.9. The second-order valence-electron chi connectivity index (χ2n) is 8.38. The molecule has 2 aliphatic rings. The van der Waals surface area contributed by atoms with Crippen molar-refractivity contribution < 1.29 is 13.2 Å². The highest BCUT2D eigenvalue weighted by molar-refractivity contribution is 7.89. The SMILES string of the molecule is O=C(Nc1ccc2cncc(Cl)c2c1)[C@@H]1CC1c1ccc(S(=O)(=O)NC2CCNC2)cc1. The summed E-state index contributed by atoms with van der Waals surface area (Å²) in [7, 11) is -3.54. The highest BCUT2D eigenvalue weighted by Crippen LogP contribution is 2.48. The number of fused-ring (bicyclic) bond motifs is 1. The van der Waals surface area contributed by atoms with Crippen molar-refractivity contribution in [1.29, 1.82) is 0 Å². The minimum atomic E-state index is -3.54. The molecule has 3 atom stereocenters. The van der Waals surface area contributed by atoms with Crippen LogP contribution in [-0.4, -0.2) is 38.4 Å². The first-order chi connectivity index (χ1) is 15.4. The molecule has 1 saturated carbocycles. The predicted octanol–water partition coefficient (Wildman–Crippen LogP) is 3.27. The molecule has 2 heterocycles. The summed E-state index contributed by atoms with van der Waals surface area (Å²) in [6.45, 7) is 1.47. The van der Waals surface area contributed by atoms with Crippen LogP contribution in [0.5, 0.6) is 0 Å². The highest BCUT2D eigenvalue weighted by Gasteiger charge is 2.44. The van der Waals surface area contributed by atoms with Gasteiger partial charge in [-0.15, -0.1) is 0 Å². The van der Waals surface area contributed by atoms with Crippen LogP contribution in [0.25, 0.3) is 10.8 Å². The molecule has 32 heavy (non-hydrogen) atoms. The minimum Gasteiger partial charge on any atom is -0.326 e. The number of pyridine rings is 1. The van der Waals surface area contributed by atoms with E-state index in [2.05, 4.69) is 20.3 Å². The average molecular weight is 471 g/mol. The summed E-state index contributed by atoms with van der Waals surface area (Å²) in [5.74, 6) is -0.0950. The number of sulfonamides is 1. The quantitative estimate of drug-likeness (QED) is 0.513. The Kier molecular flexibility index (Phi) is 5.63. The second-order valence-corrected chi connectivity index (χ2v) is 10.5. The molecule has 2 fully saturated rings. The van der Waals surface area contributed by atoms with Crippen LogP contribution in [0.3, 0.4) is 0 Å². The Hall–Kier alpha value is -2.52. The summed E-state index contributed by atoms with van der Waals surface area (Å²) in [4.78, 5) is 17.0. The zero-order valence-electron chi connectivity index (χ0n) is 17.2. The molecule has 0 spiro atoms. The van der Waals surface area contributed by atoms with Crippen molar-refractivity contribution in [2.75, 3.05) is 18.4 Å². The van der Waals surface area contributed by atoms with Crippen LogP contribution in [0.2, 0.25) is 5.02 Å². The van der Waals surface area contributed by atoms with Crippen molar-refractivity contribution in [2.45, 2.75) is 29.7 Å². The van der Waals surface area contributed by atoms with Gasteiger partial charge >= 0.3 is 0 Å². The maximum atomic E-state index is 12.7. The Morgan fingerprint density at radius 2 is 1.94 bits per heavy atom. The number of amides is 1. The van der Waals surface area contributed by atoms with E-state index in [1.165, 1.54) is 0 Å². The molecule has 9 heteroatoms. The Morgan fingerprint density at radius 1 is 1.12 bits per heavy atom. The molecular formula is C23H23ClN4O3S. The number of benzene rings is 2. The lowest BCUT2D eigenvalue weighted by Gasteiger charge is -2.12. The Balaban J connectivity index is 1.23. The first kappa shape index (κ1) is 21.3. The van der Waals surface area contributed by atoms with Gasteiger partial charge in [0, 0.05) is 47.4 Å². The van der Waals surface area contributed by atoms with Crippen molar-refractivity contribution in [3.8, 4) is 0 Å². The van der Waals surface area contributed by atoms with Crippen molar-refractivity contribution in [2.24, 2.45) is 5.92 Å². The summed E-state index contributed by atoms with van der Waals surface area (Å²) >= 11 is 6.21. The van der Waals surface area contributed by atoms with E-state index in [-0.39, 0.29) is 28.7 Å². The highest BCUT2D eigenvalue weighted by atomic mass is 35.5. The fourth-order valence-electron chi connectivity index (χ4n) is 4.23. The standard InChI is InChI=1S/C23H23ClN4O3S/c24-22-13-26-11-15-1-4-16(9-20(15)22)27-23(29)21-10-19(21)14-2-5-18(6-3-14)32(30,31)28-17-7-8-25-12-17/h1-6,9,11,13,17,19,21,25,28H,7-8,10,12H2,(H,27,29)/t17?,19?,21-/m1/s1. The zero-order valence-corrected chi connectivity index (χ0v) is 18.8. The van der Waals surface area contributed by atoms with Gasteiger partial charge in [-0.05, 0) is 55.1 Å². The number of anilines is 1. The van der Waals surface area contributed by atoms with Gasteiger partial charge in [-0.25, -0.2) is 13.1 Å². The molecule has 0 bridgehead atoms. The molecule has 5 rings (SSSR count). The molecule has 3 aromatic rings. The minimum absolute atomic E-state index is 0.0494. The number of hydrogen-bond acceptors (Lipinski definition) is 5. The molecule has 1 aromatic heterocycles. The van der Waals surface area contributed by atoms with E-state index in [9.17, 15) is 13.2 Å². The Morgan fingerprint density at radius 3 is 2.69 bits per heavy atom. The first-order valence-electron chi connectivity index (χ1n) is 10.6. The predicted molar refractivity (Wildman–Crippen MR) is 124 cm³/mol. The van der Waals surface area contributed by atoms with Crippen LogP contribution in [0.4, 0.5) is 5.69 Å². The van der Waals surface area contributed by atoms with Gasteiger partial charge < -0.3 is 10.6 Å². The molecule has 1 aliphatic carbocycles. The van der Waals surface area contributed by atoms with E-state index in [1.807, 2.05) is 30.3 Å². The molecule has 0 radical (unpaired) electrons. The molecule has 2 unspecified atom stereocenters. The first-order valence-corrected chi connectivity index (χ1v) is 12.4. The molecular weight excluding hydrogens is 448 g/mol. The molecule has 3 N–H and O–H groups in total. The smallest absolute Gasteiger partial charge is 0.240 e. The maximum Gasteiger partial charge on any atom is 0.240 e. The summed E-state index contributed by atoms with van der Waals surface area (Å²) in [6, 6.07) is 12.3. The Labute approximate surface area is 191 Å². The molecule has 1 amide bonds. The van der Waals surface area contributed by atoms with E-state index in [0.29, 0.717) is 17.3 Å². The van der Waals surface area contributed by atoms with Gasteiger partial charge in [-0.2, -0.15) is 0 Å². The number of hydrogen-bond donors (Lipinski definition) is 3. The van der Waals surface area contributed by atoms with Crippen molar-refractivity contribution in [3.63, 3.8) is 0 Å². The molecule has 7 nitrogen and oxygen atoms in total. The van der Waals surface area contributed by atoms with E-state index < -0.39 is 10.0 Å². The second kappa shape index (κ2) is 8.44. The molecule has 166 valence electrons. The van der Waals surface area contributed by atoms with Crippen LogP contribution < -0.4 is 15.4 Å². The van der Waals surface area contributed by atoms with Gasteiger partial charge in [0.15, 0.2) is 0 Å². The van der Waals surface area contributed by atoms with Crippen LogP contribution in [-0.2, 0) is 14.8 Å². The summed E-state index contributed by atoms with van der Waals surface area (Å²) in [5, 5.41) is 8.41. The number of rotatable bonds is 6. The van der Waals surface area contributed by atoms with Crippen LogP contribution in [0, 0.1) is 5.92 Å². The van der Waals surface area contributed by atoms with Gasteiger partial charge in [0.1, 0.15) is 0 Å². The van der Waals surface area contributed by atoms with Crippen LogP contribution in [0.1, 0.15) is 24.3 Å². The number of carbonyl (C=O) groups excluding carboxylic acids is 1. The van der Waals surface area contributed by atoms with Gasteiger partial charge in [-0.3, -0.25) is 9.78 Å². The van der Waals surface area contributed by atoms with Gasteiger partial charge in [0.2, 0.25) is 15.9 Å². The lowest BCUT2D eigenvalue weighted by atomic mass is 10.1. The van der Waals surface area contributed by atoms with Gasteiger partial charge in [0.25, 0.3) is 0 Å². The number of halogens is 1. The fourth-order valence-corrected chi connectivity index (χ4v) is 5.72. The lowest BCUT2D eigenvalue weighted by molar-refractivity contribution is -0.117. The topological polar surface area (TPSA) is 100 Å². The third-order valence-corrected chi connectivity index (χ3v) is 7.95. The maximum absolute atomic E-state index is 12.7. The summed E-state index contributed by atoms with van der Waals surface area (Å²) in [5.41, 5.74) is 1.66. The van der Waals surface area contributed by atoms with Crippen molar-refractivity contribution in [3.05, 3.63) is 65.4 Å². The van der Waals surface area contributed by atoms with Crippen LogP contribution in [0.15, 0.2) is 59.8 Å². The van der Waals surface area contributed by atoms with Crippen LogP contribution >= 0.6 is 11.6 Å².